The van der Waals surface area contributed by atoms with E-state index in [1.165, 1.54) is 0 Å². The van der Waals surface area contributed by atoms with Crippen LogP contribution in [0.25, 0.3) is 0 Å². The third-order valence-electron chi connectivity index (χ3n) is 5.91. The Labute approximate surface area is 155 Å². The van der Waals surface area contributed by atoms with Gasteiger partial charge in [0.25, 0.3) is 0 Å². The number of alkyl halides is 2. The Morgan fingerprint density at radius 1 is 1.24 bits per heavy atom. The maximum atomic E-state index is 13.7. The summed E-state index contributed by atoms with van der Waals surface area (Å²) >= 11 is 6.17. The molecule has 3 fully saturated rings. The fourth-order valence-corrected chi connectivity index (χ4v) is 4.98. The van der Waals surface area contributed by atoms with Gasteiger partial charge in [0.05, 0.1) is 6.17 Å². The summed E-state index contributed by atoms with van der Waals surface area (Å²) in [7, 11) is 0. The van der Waals surface area contributed by atoms with Gasteiger partial charge in [0.15, 0.2) is 0 Å². The Kier molecular flexibility index (Phi) is 6.94. The van der Waals surface area contributed by atoms with Crippen molar-refractivity contribution in [1.29, 1.82) is 0 Å². The summed E-state index contributed by atoms with van der Waals surface area (Å²) in [6.07, 6.45) is 5.39. The number of halogens is 2. The average Bonchev–Trinajstić information content (AvgIpc) is 3.05. The minimum absolute atomic E-state index is 0.000987. The van der Waals surface area contributed by atoms with Gasteiger partial charge in [-0.1, -0.05) is 6.92 Å². The van der Waals surface area contributed by atoms with Crippen molar-refractivity contribution in [3.05, 3.63) is 0 Å². The van der Waals surface area contributed by atoms with Gasteiger partial charge in [-0.2, -0.15) is 0 Å². The zero-order valence-corrected chi connectivity index (χ0v) is 15.9. The van der Waals surface area contributed by atoms with Crippen molar-refractivity contribution >= 4 is 17.5 Å². The van der Waals surface area contributed by atoms with E-state index >= 15 is 0 Å². The predicted octanol–water partition coefficient (Wildman–Crippen LogP) is 2.16. The van der Waals surface area contributed by atoms with Crippen molar-refractivity contribution in [1.82, 2.24) is 21.1 Å². The Morgan fingerprint density at radius 2 is 2.08 bits per heavy atom. The van der Waals surface area contributed by atoms with Gasteiger partial charge < -0.3 is 5.32 Å². The number of carbonyl (C=O) groups excluding carboxylic acids is 1. The lowest BCUT2D eigenvalue weighted by Crippen LogP contribution is -2.54. The van der Waals surface area contributed by atoms with Crippen LogP contribution in [-0.4, -0.2) is 54.3 Å². The van der Waals surface area contributed by atoms with Crippen LogP contribution in [0.3, 0.4) is 0 Å². The summed E-state index contributed by atoms with van der Waals surface area (Å²) in [4.78, 5) is 12.3. The van der Waals surface area contributed by atoms with Crippen LogP contribution in [0.15, 0.2) is 0 Å². The van der Waals surface area contributed by atoms with Crippen LogP contribution in [0.4, 0.5) is 4.39 Å². The third kappa shape index (κ3) is 5.52. The van der Waals surface area contributed by atoms with Crippen molar-refractivity contribution in [2.75, 3.05) is 19.6 Å². The zero-order chi connectivity index (χ0) is 17.8. The van der Waals surface area contributed by atoms with E-state index in [-0.39, 0.29) is 23.5 Å². The monoisotopic (exact) mass is 374 g/mol. The molecule has 0 aromatic heterocycles. The number of hydrogen-bond donors (Lipinski definition) is 3. The fourth-order valence-electron chi connectivity index (χ4n) is 4.54. The molecule has 3 N–H and O–H groups in total. The lowest BCUT2D eigenvalue weighted by atomic mass is 9.79. The predicted molar refractivity (Wildman–Crippen MR) is 97.9 cm³/mol. The van der Waals surface area contributed by atoms with Gasteiger partial charge >= 0.3 is 0 Å². The lowest BCUT2D eigenvalue weighted by molar-refractivity contribution is -0.124. The maximum Gasteiger partial charge on any atom is 0.239 e. The van der Waals surface area contributed by atoms with Crippen LogP contribution < -0.4 is 16.1 Å². The Bertz CT molecular complexity index is 437. The van der Waals surface area contributed by atoms with Gasteiger partial charge in [-0.05, 0) is 63.3 Å². The SMILES string of the molecule is CCN1CCC(C(=O)NC2CCC(CC3CC(F)CC(Cl)C3)CN2)N1. The third-order valence-corrected chi connectivity index (χ3v) is 6.27. The molecule has 1 amide bonds. The highest BCUT2D eigenvalue weighted by Gasteiger charge is 2.32. The first kappa shape index (κ1) is 19.3. The van der Waals surface area contributed by atoms with Crippen LogP contribution >= 0.6 is 11.6 Å². The summed E-state index contributed by atoms with van der Waals surface area (Å²) in [5, 5.41) is 8.67. The molecule has 3 aliphatic rings. The number of amides is 1. The maximum absolute atomic E-state index is 13.7. The molecule has 2 aliphatic heterocycles. The molecule has 6 atom stereocenters. The van der Waals surface area contributed by atoms with Gasteiger partial charge in [0.1, 0.15) is 12.2 Å². The minimum atomic E-state index is -0.730. The van der Waals surface area contributed by atoms with Gasteiger partial charge in [-0.25, -0.2) is 14.8 Å². The molecule has 0 radical (unpaired) electrons. The zero-order valence-electron chi connectivity index (χ0n) is 15.1. The molecule has 1 aliphatic carbocycles. The normalized spacial score (nSPS) is 40.1. The van der Waals surface area contributed by atoms with Crippen molar-refractivity contribution in [2.45, 2.75) is 75.6 Å². The van der Waals surface area contributed by atoms with Gasteiger partial charge in [-0.15, -0.1) is 11.6 Å². The fraction of sp³-hybridized carbons (Fsp3) is 0.944. The summed E-state index contributed by atoms with van der Waals surface area (Å²) in [5.41, 5.74) is 3.25. The highest BCUT2D eigenvalue weighted by atomic mass is 35.5. The van der Waals surface area contributed by atoms with Gasteiger partial charge in [0.2, 0.25) is 5.91 Å². The smallest absolute Gasteiger partial charge is 0.239 e. The quantitative estimate of drug-likeness (QED) is 0.645. The van der Waals surface area contributed by atoms with E-state index in [2.05, 4.69) is 28.0 Å². The van der Waals surface area contributed by atoms with Crippen molar-refractivity contribution in [3.63, 3.8) is 0 Å². The molecule has 7 heteroatoms. The van der Waals surface area contributed by atoms with Crippen molar-refractivity contribution in [2.24, 2.45) is 11.8 Å². The Hall–Kier alpha value is -0.430. The van der Waals surface area contributed by atoms with E-state index in [0.717, 1.165) is 51.7 Å². The number of rotatable bonds is 5. The molecular formula is C18H32ClFN4O. The second-order valence-electron chi connectivity index (χ2n) is 7.97. The molecule has 0 spiro atoms. The molecule has 6 unspecified atom stereocenters. The van der Waals surface area contributed by atoms with E-state index in [0.29, 0.717) is 24.7 Å². The highest BCUT2D eigenvalue weighted by Crippen LogP contribution is 2.35. The number of nitrogens with one attached hydrogen (secondary N) is 3. The molecule has 5 nitrogen and oxygen atoms in total. The molecular weight excluding hydrogens is 343 g/mol. The number of carbonyl (C=O) groups is 1. The van der Waals surface area contributed by atoms with Crippen LogP contribution in [0.5, 0.6) is 0 Å². The van der Waals surface area contributed by atoms with Crippen molar-refractivity contribution in [3.8, 4) is 0 Å². The first-order valence-corrected chi connectivity index (χ1v) is 10.3. The molecule has 2 heterocycles. The summed E-state index contributed by atoms with van der Waals surface area (Å²) in [6.45, 7) is 4.81. The minimum Gasteiger partial charge on any atom is -0.339 e. The summed E-state index contributed by atoms with van der Waals surface area (Å²) in [6, 6.07) is -0.108. The van der Waals surface area contributed by atoms with Crippen LogP contribution in [-0.2, 0) is 4.79 Å². The topological polar surface area (TPSA) is 56.4 Å². The number of nitrogens with zero attached hydrogens (tertiary/aromatic N) is 1. The van der Waals surface area contributed by atoms with Gasteiger partial charge in [-0.3, -0.25) is 10.1 Å². The van der Waals surface area contributed by atoms with Crippen LogP contribution in [0, 0.1) is 11.8 Å². The molecule has 25 heavy (non-hydrogen) atoms. The van der Waals surface area contributed by atoms with E-state index in [4.69, 9.17) is 11.6 Å². The Balaban J connectivity index is 1.36. The van der Waals surface area contributed by atoms with E-state index in [1.807, 2.05) is 0 Å². The lowest BCUT2D eigenvalue weighted by Gasteiger charge is -2.35. The first-order valence-electron chi connectivity index (χ1n) is 9.86. The van der Waals surface area contributed by atoms with E-state index in [1.54, 1.807) is 0 Å². The first-order chi connectivity index (χ1) is 12.0. The molecule has 0 aromatic rings. The molecule has 2 saturated heterocycles. The highest BCUT2D eigenvalue weighted by molar-refractivity contribution is 6.20. The van der Waals surface area contributed by atoms with Gasteiger partial charge in [0, 0.05) is 18.5 Å². The molecule has 3 rings (SSSR count). The number of hydrogen-bond acceptors (Lipinski definition) is 4. The number of piperidine rings is 1. The van der Waals surface area contributed by atoms with E-state index in [9.17, 15) is 9.18 Å². The van der Waals surface area contributed by atoms with Crippen LogP contribution in [0.2, 0.25) is 0 Å². The van der Waals surface area contributed by atoms with Crippen molar-refractivity contribution < 1.29 is 9.18 Å². The summed E-state index contributed by atoms with van der Waals surface area (Å²) < 4.78 is 13.7. The second kappa shape index (κ2) is 8.98. The summed E-state index contributed by atoms with van der Waals surface area (Å²) in [5.74, 6) is 1.06. The molecule has 0 bridgehead atoms. The second-order valence-corrected chi connectivity index (χ2v) is 8.58. The van der Waals surface area contributed by atoms with E-state index < -0.39 is 6.17 Å². The number of hydrazine groups is 1. The molecule has 0 aromatic carbocycles. The molecule has 144 valence electrons. The molecule has 1 saturated carbocycles. The Morgan fingerprint density at radius 3 is 2.72 bits per heavy atom. The van der Waals surface area contributed by atoms with Crippen LogP contribution in [0.1, 0.15) is 51.9 Å². The average molecular weight is 375 g/mol. The standard InChI is InChI=1S/C18H32ClFN4O/c1-2-24-6-5-16(23-24)18(25)22-17-4-3-12(11-21-17)7-13-8-14(19)10-15(20)9-13/h12-17,21,23H,2-11H2,1H3,(H,22,25). The largest absolute Gasteiger partial charge is 0.339 e.